The van der Waals surface area contributed by atoms with E-state index in [0.29, 0.717) is 32.1 Å². The molecule has 43 heavy (non-hydrogen) atoms. The van der Waals surface area contributed by atoms with Crippen LogP contribution in [0, 0.1) is 10.1 Å². The molecule has 0 heterocycles. The molecule has 2 N–H and O–H groups in total. The molecule has 0 spiro atoms. The third-order valence-corrected chi connectivity index (χ3v) is 6.93. The summed E-state index contributed by atoms with van der Waals surface area (Å²) >= 11 is 0. The Kier molecular flexibility index (Phi) is 14.3. The molecule has 0 aliphatic rings. The van der Waals surface area contributed by atoms with Crippen LogP contribution < -0.4 is 4.74 Å². The normalized spacial score (nSPS) is 10.8. The maximum Gasteiger partial charge on any atom is 0.340 e. The van der Waals surface area contributed by atoms with E-state index in [4.69, 9.17) is 9.47 Å². The fourth-order valence-corrected chi connectivity index (χ4v) is 4.57. The topological polar surface area (TPSA) is 170 Å². The number of rotatable bonds is 19. The van der Waals surface area contributed by atoms with E-state index in [0.717, 1.165) is 25.7 Å². The van der Waals surface area contributed by atoms with Gasteiger partial charge in [-0.05, 0) is 25.3 Å². The number of aromatic hydroxyl groups is 2. The van der Waals surface area contributed by atoms with E-state index in [-0.39, 0.29) is 30.5 Å². The Morgan fingerprint density at radius 1 is 0.744 bits per heavy atom. The number of ketones is 2. The van der Waals surface area contributed by atoms with E-state index in [9.17, 15) is 39.5 Å². The number of esters is 2. The lowest BCUT2D eigenvalue weighted by molar-refractivity contribution is -0.385. The highest BCUT2D eigenvalue weighted by molar-refractivity contribution is 6.17. The van der Waals surface area contributed by atoms with Gasteiger partial charge in [-0.25, -0.2) is 4.79 Å². The van der Waals surface area contributed by atoms with E-state index in [2.05, 4.69) is 0 Å². The molecule has 0 bridgehead atoms. The summed E-state index contributed by atoms with van der Waals surface area (Å²) in [6.07, 6.45) is 5.48. The van der Waals surface area contributed by atoms with Crippen molar-refractivity contribution in [3.8, 4) is 17.2 Å². The molecule has 11 nitrogen and oxygen atoms in total. The zero-order chi connectivity index (χ0) is 31.9. The summed E-state index contributed by atoms with van der Waals surface area (Å²) in [5, 5.41) is 33.5. The SMILES string of the molecule is CCCCCC(=O)Oc1c(O)c(O)c(C(=O)CCCCC)c(C(=O)OCc2ccccc2[N+](=O)[O-])c1C(=O)CCCCC. The zero-order valence-corrected chi connectivity index (χ0v) is 25.1. The van der Waals surface area contributed by atoms with E-state index in [1.54, 1.807) is 0 Å². The minimum absolute atomic E-state index is 0.0489. The monoisotopic (exact) mass is 599 g/mol. The van der Waals surface area contributed by atoms with Crippen molar-refractivity contribution in [1.82, 2.24) is 0 Å². The van der Waals surface area contributed by atoms with Crippen LogP contribution in [-0.4, -0.2) is 38.6 Å². The van der Waals surface area contributed by atoms with E-state index in [1.165, 1.54) is 24.3 Å². The fourth-order valence-electron chi connectivity index (χ4n) is 4.57. The average Bonchev–Trinajstić information content (AvgIpc) is 2.98. The number of nitrogens with zero attached hydrogens (tertiary/aromatic N) is 1. The molecule has 0 saturated heterocycles. The Hall–Kier alpha value is -4.28. The number of phenols is 2. The molecule has 0 amide bonds. The number of benzene rings is 2. The van der Waals surface area contributed by atoms with E-state index >= 15 is 0 Å². The molecular formula is C32H41NO10. The van der Waals surface area contributed by atoms with Crippen molar-refractivity contribution in [2.45, 2.75) is 104 Å². The van der Waals surface area contributed by atoms with Crippen LogP contribution in [0.25, 0.3) is 0 Å². The number of ether oxygens (including phenoxy) is 2. The number of para-hydroxylation sites is 1. The van der Waals surface area contributed by atoms with Crippen molar-refractivity contribution in [3.63, 3.8) is 0 Å². The molecule has 2 rings (SSSR count). The number of unbranched alkanes of at least 4 members (excludes halogenated alkanes) is 6. The first-order valence-electron chi connectivity index (χ1n) is 14.9. The van der Waals surface area contributed by atoms with Gasteiger partial charge in [-0.1, -0.05) is 71.4 Å². The number of carbonyl (C=O) groups excluding carboxylic acids is 4. The van der Waals surface area contributed by atoms with Gasteiger partial charge in [-0.15, -0.1) is 0 Å². The van der Waals surface area contributed by atoms with Crippen LogP contribution in [-0.2, 0) is 16.1 Å². The predicted molar refractivity (Wildman–Crippen MR) is 159 cm³/mol. The second-order valence-corrected chi connectivity index (χ2v) is 10.3. The Morgan fingerprint density at radius 2 is 1.28 bits per heavy atom. The standard InChI is InChI=1S/C32H41NO10/c1-4-7-10-17-23(34)26-28(32(39)42-20-21-15-13-14-16-22(21)33(40)41)27(24(35)18-11-8-5-2)31(30(38)29(26)37)43-25(36)19-12-9-6-3/h13-16,37-38H,4-12,17-20H2,1-3H3. The van der Waals surface area contributed by atoms with Crippen molar-refractivity contribution in [1.29, 1.82) is 0 Å². The van der Waals surface area contributed by atoms with Crippen LogP contribution in [0.2, 0.25) is 0 Å². The molecular weight excluding hydrogens is 558 g/mol. The Bertz CT molecular complexity index is 1320. The maximum absolute atomic E-state index is 13.7. The van der Waals surface area contributed by atoms with E-state index in [1.807, 2.05) is 20.8 Å². The summed E-state index contributed by atoms with van der Waals surface area (Å²) < 4.78 is 10.8. The molecule has 0 aromatic heterocycles. The summed E-state index contributed by atoms with van der Waals surface area (Å²) in [4.78, 5) is 64.2. The first-order valence-corrected chi connectivity index (χ1v) is 14.9. The van der Waals surface area contributed by atoms with E-state index < -0.39 is 69.0 Å². The molecule has 0 aliphatic heterocycles. The molecule has 0 saturated carbocycles. The number of nitro groups is 1. The molecule has 11 heteroatoms. The second-order valence-electron chi connectivity index (χ2n) is 10.3. The highest BCUT2D eigenvalue weighted by atomic mass is 16.6. The lowest BCUT2D eigenvalue weighted by Crippen LogP contribution is -2.21. The van der Waals surface area contributed by atoms with Crippen molar-refractivity contribution < 1.29 is 43.8 Å². The number of Topliss-reactive ketones (excluding diaryl/α,β-unsaturated/α-hetero) is 2. The zero-order valence-electron chi connectivity index (χ0n) is 25.1. The van der Waals surface area contributed by atoms with Gasteiger partial charge in [0.15, 0.2) is 23.1 Å². The number of hydrogen-bond acceptors (Lipinski definition) is 10. The molecule has 0 radical (unpaired) electrons. The highest BCUT2D eigenvalue weighted by Crippen LogP contribution is 2.46. The van der Waals surface area contributed by atoms with Gasteiger partial charge in [0.1, 0.15) is 6.61 Å². The van der Waals surface area contributed by atoms with Gasteiger partial charge in [0.05, 0.1) is 27.2 Å². The van der Waals surface area contributed by atoms with Crippen molar-refractivity contribution in [3.05, 3.63) is 56.6 Å². The lowest BCUT2D eigenvalue weighted by atomic mass is 9.89. The quantitative estimate of drug-likeness (QED) is 0.0316. The Balaban J connectivity index is 2.73. The smallest absolute Gasteiger partial charge is 0.340 e. The largest absolute Gasteiger partial charge is 0.504 e. The number of carbonyl (C=O) groups is 4. The van der Waals surface area contributed by atoms with Crippen molar-refractivity contribution >= 4 is 29.2 Å². The van der Waals surface area contributed by atoms with Crippen molar-refractivity contribution in [2.75, 3.05) is 0 Å². The molecule has 0 aliphatic carbocycles. The molecule has 0 unspecified atom stereocenters. The van der Waals surface area contributed by atoms with Crippen LogP contribution >= 0.6 is 0 Å². The molecule has 234 valence electrons. The number of nitro benzene ring substituents is 1. The van der Waals surface area contributed by atoms with Crippen LogP contribution in [0.4, 0.5) is 5.69 Å². The molecule has 0 atom stereocenters. The molecule has 2 aromatic rings. The minimum atomic E-state index is -1.24. The lowest BCUT2D eigenvalue weighted by Gasteiger charge is -2.20. The highest BCUT2D eigenvalue weighted by Gasteiger charge is 2.36. The number of phenolic OH excluding ortho intramolecular Hbond substituents is 2. The summed E-state index contributed by atoms with van der Waals surface area (Å²) in [7, 11) is 0. The second kappa shape index (κ2) is 17.6. The van der Waals surface area contributed by atoms with Gasteiger partial charge < -0.3 is 19.7 Å². The predicted octanol–water partition coefficient (Wildman–Crippen LogP) is 7.37. The van der Waals surface area contributed by atoms with Crippen LogP contribution in [0.1, 0.15) is 134 Å². The van der Waals surface area contributed by atoms with Crippen LogP contribution in [0.5, 0.6) is 17.2 Å². The minimum Gasteiger partial charge on any atom is -0.504 e. The van der Waals surface area contributed by atoms with Crippen LogP contribution in [0.3, 0.4) is 0 Å². The van der Waals surface area contributed by atoms with Gasteiger partial charge >= 0.3 is 11.9 Å². The average molecular weight is 600 g/mol. The number of hydrogen-bond donors (Lipinski definition) is 2. The Labute approximate surface area is 251 Å². The fraction of sp³-hybridized carbons (Fsp3) is 0.500. The first kappa shape index (κ1) is 34.9. The third-order valence-electron chi connectivity index (χ3n) is 6.93. The first-order chi connectivity index (χ1) is 20.6. The molecule has 0 fully saturated rings. The summed E-state index contributed by atoms with van der Waals surface area (Å²) in [5.41, 5.74) is -2.06. The van der Waals surface area contributed by atoms with Gasteiger partial charge in [-0.3, -0.25) is 24.5 Å². The van der Waals surface area contributed by atoms with Crippen LogP contribution in [0.15, 0.2) is 24.3 Å². The molecule has 2 aromatic carbocycles. The maximum atomic E-state index is 13.7. The van der Waals surface area contributed by atoms with Gasteiger partial charge in [0.25, 0.3) is 5.69 Å². The van der Waals surface area contributed by atoms with Gasteiger partial charge in [-0.2, -0.15) is 0 Å². The Morgan fingerprint density at radius 3 is 1.84 bits per heavy atom. The summed E-state index contributed by atoms with van der Waals surface area (Å²) in [6, 6.07) is 5.58. The van der Waals surface area contributed by atoms with Gasteiger partial charge in [0.2, 0.25) is 5.75 Å². The van der Waals surface area contributed by atoms with Gasteiger partial charge in [0, 0.05) is 25.3 Å². The third kappa shape index (κ3) is 9.62. The van der Waals surface area contributed by atoms with Crippen molar-refractivity contribution in [2.24, 2.45) is 0 Å². The summed E-state index contributed by atoms with van der Waals surface area (Å²) in [5.74, 6) is -6.19. The summed E-state index contributed by atoms with van der Waals surface area (Å²) in [6.45, 7) is 5.21.